The van der Waals surface area contributed by atoms with Crippen LogP contribution in [0, 0.1) is 0 Å². The number of nitrogen functional groups attached to an aromatic ring is 2. The maximum Gasteiger partial charge on any atom is 0.0887 e. The van der Waals surface area contributed by atoms with Crippen molar-refractivity contribution in [2.45, 2.75) is 0 Å². The summed E-state index contributed by atoms with van der Waals surface area (Å²) in [5, 5.41) is 0. The Morgan fingerprint density at radius 1 is 0.688 bits per heavy atom. The minimum atomic E-state index is 0. The average Bonchev–Trinajstić information content (AvgIpc) is 2.21. The van der Waals surface area contributed by atoms with Gasteiger partial charge in [-0.3, -0.25) is 9.97 Å². The van der Waals surface area contributed by atoms with Crippen LogP contribution >= 0.6 is 24.8 Å². The van der Waals surface area contributed by atoms with Crippen LogP contribution in [0.4, 0.5) is 11.4 Å². The highest BCUT2D eigenvalue weighted by Gasteiger charge is 1.99. The molecule has 0 fully saturated rings. The number of hydrogen-bond donors (Lipinski definition) is 2. The lowest BCUT2D eigenvalue weighted by atomic mass is 10.2. The lowest BCUT2D eigenvalue weighted by Crippen LogP contribution is -1.91. The number of nitrogens with two attached hydrogens (primary N) is 2. The van der Waals surface area contributed by atoms with Crippen LogP contribution < -0.4 is 11.5 Å². The zero-order valence-electron chi connectivity index (χ0n) is 8.33. The first-order chi connectivity index (χ1) is 6.75. The van der Waals surface area contributed by atoms with Crippen molar-refractivity contribution in [3.8, 4) is 11.4 Å². The second kappa shape index (κ2) is 6.15. The SMILES string of the molecule is Cl.Cl.Nc1ccc(-c2ccc(N)cn2)nc1. The molecule has 4 nitrogen and oxygen atoms in total. The van der Waals surface area contributed by atoms with E-state index in [9.17, 15) is 0 Å². The van der Waals surface area contributed by atoms with Crippen LogP contribution in [-0.4, -0.2) is 9.97 Å². The first-order valence-electron chi connectivity index (χ1n) is 4.19. The van der Waals surface area contributed by atoms with Gasteiger partial charge in [0, 0.05) is 0 Å². The standard InChI is InChI=1S/C10H10N4.2ClH/c11-7-1-3-9(13-5-7)10-4-2-8(12)6-14-10;;/h1-6H,11-12H2;2*1H. The van der Waals surface area contributed by atoms with E-state index >= 15 is 0 Å². The molecule has 0 amide bonds. The zero-order chi connectivity index (χ0) is 9.97. The fourth-order valence-electron chi connectivity index (χ4n) is 1.11. The van der Waals surface area contributed by atoms with Crippen LogP contribution in [0.15, 0.2) is 36.7 Å². The van der Waals surface area contributed by atoms with Gasteiger partial charge >= 0.3 is 0 Å². The number of halogens is 2. The molecule has 0 atom stereocenters. The van der Waals surface area contributed by atoms with Gasteiger partial charge in [0.15, 0.2) is 0 Å². The minimum Gasteiger partial charge on any atom is -0.397 e. The molecule has 0 aliphatic rings. The van der Waals surface area contributed by atoms with Crippen LogP contribution in [0.3, 0.4) is 0 Å². The Labute approximate surface area is 106 Å². The summed E-state index contributed by atoms with van der Waals surface area (Å²) in [5.41, 5.74) is 13.9. The summed E-state index contributed by atoms with van der Waals surface area (Å²) < 4.78 is 0. The van der Waals surface area contributed by atoms with Crippen molar-refractivity contribution in [3.05, 3.63) is 36.7 Å². The molecule has 2 aromatic heterocycles. The van der Waals surface area contributed by atoms with E-state index in [0.717, 1.165) is 11.4 Å². The largest absolute Gasteiger partial charge is 0.397 e. The van der Waals surface area contributed by atoms with Gasteiger partial charge in [-0.05, 0) is 24.3 Å². The highest BCUT2D eigenvalue weighted by atomic mass is 35.5. The van der Waals surface area contributed by atoms with Crippen molar-refractivity contribution in [1.29, 1.82) is 0 Å². The smallest absolute Gasteiger partial charge is 0.0887 e. The Balaban J connectivity index is 0.00000112. The predicted molar refractivity (Wildman–Crippen MR) is 70.8 cm³/mol. The van der Waals surface area contributed by atoms with Gasteiger partial charge in [-0.1, -0.05) is 0 Å². The highest BCUT2D eigenvalue weighted by Crippen LogP contribution is 2.15. The third kappa shape index (κ3) is 3.25. The number of pyridine rings is 2. The molecule has 6 heteroatoms. The molecule has 0 saturated heterocycles. The molecule has 0 aliphatic heterocycles. The summed E-state index contributed by atoms with van der Waals surface area (Å²) in [6, 6.07) is 7.24. The van der Waals surface area contributed by atoms with Gasteiger partial charge in [-0.2, -0.15) is 0 Å². The van der Waals surface area contributed by atoms with Gasteiger partial charge in [0.1, 0.15) is 0 Å². The normalized spacial score (nSPS) is 8.75. The molecule has 2 heterocycles. The molecule has 0 aliphatic carbocycles. The molecule has 4 N–H and O–H groups in total. The number of nitrogens with zero attached hydrogens (tertiary/aromatic N) is 2. The van der Waals surface area contributed by atoms with Crippen LogP contribution in [0.1, 0.15) is 0 Å². The quantitative estimate of drug-likeness (QED) is 0.822. The van der Waals surface area contributed by atoms with Crippen LogP contribution in [0.25, 0.3) is 11.4 Å². The molecule has 86 valence electrons. The monoisotopic (exact) mass is 258 g/mol. The lowest BCUT2D eigenvalue weighted by molar-refractivity contribution is 1.25. The molecule has 0 saturated carbocycles. The van der Waals surface area contributed by atoms with Crippen LogP contribution in [0.2, 0.25) is 0 Å². The molecule has 0 spiro atoms. The summed E-state index contributed by atoms with van der Waals surface area (Å²) in [4.78, 5) is 8.30. The molecule has 0 bridgehead atoms. The number of hydrogen-bond acceptors (Lipinski definition) is 4. The number of rotatable bonds is 1. The average molecular weight is 259 g/mol. The van der Waals surface area contributed by atoms with Gasteiger partial charge in [0.25, 0.3) is 0 Å². The maximum atomic E-state index is 5.53. The Bertz CT molecular complexity index is 384. The molecule has 2 rings (SSSR count). The Kier molecular flexibility index (Phi) is 5.56. The number of anilines is 2. The summed E-state index contributed by atoms with van der Waals surface area (Å²) >= 11 is 0. The van der Waals surface area contributed by atoms with Gasteiger partial charge in [-0.25, -0.2) is 0 Å². The van der Waals surface area contributed by atoms with Gasteiger partial charge < -0.3 is 11.5 Å². The van der Waals surface area contributed by atoms with Crippen molar-refractivity contribution < 1.29 is 0 Å². The summed E-state index contributed by atoms with van der Waals surface area (Å²) in [7, 11) is 0. The minimum absolute atomic E-state index is 0. The molecule has 0 unspecified atom stereocenters. The highest BCUT2D eigenvalue weighted by molar-refractivity contribution is 5.85. The van der Waals surface area contributed by atoms with Crippen LogP contribution in [0.5, 0.6) is 0 Å². The van der Waals surface area contributed by atoms with Gasteiger partial charge in [-0.15, -0.1) is 24.8 Å². The summed E-state index contributed by atoms with van der Waals surface area (Å²) in [6.07, 6.45) is 3.21. The van der Waals surface area contributed by atoms with E-state index in [1.165, 1.54) is 0 Å². The van der Waals surface area contributed by atoms with Crippen molar-refractivity contribution in [1.82, 2.24) is 9.97 Å². The fraction of sp³-hybridized carbons (Fsp3) is 0. The van der Waals surface area contributed by atoms with Crippen molar-refractivity contribution in [2.75, 3.05) is 11.5 Å². The first kappa shape index (κ1) is 14.5. The first-order valence-corrected chi connectivity index (χ1v) is 4.19. The molecule has 16 heavy (non-hydrogen) atoms. The van der Waals surface area contributed by atoms with Gasteiger partial charge in [0.05, 0.1) is 35.2 Å². The topological polar surface area (TPSA) is 77.8 Å². The number of aromatic nitrogens is 2. The Morgan fingerprint density at radius 2 is 1.06 bits per heavy atom. The fourth-order valence-corrected chi connectivity index (χ4v) is 1.11. The zero-order valence-corrected chi connectivity index (χ0v) is 9.96. The summed E-state index contributed by atoms with van der Waals surface area (Å²) in [5.74, 6) is 0. The Morgan fingerprint density at radius 3 is 1.31 bits per heavy atom. The van der Waals surface area contributed by atoms with E-state index in [0.29, 0.717) is 11.4 Å². The van der Waals surface area contributed by atoms with Crippen molar-refractivity contribution in [2.24, 2.45) is 0 Å². The molecule has 2 aromatic rings. The lowest BCUT2D eigenvalue weighted by Gasteiger charge is -2.00. The van der Waals surface area contributed by atoms with Gasteiger partial charge in [0.2, 0.25) is 0 Å². The third-order valence-electron chi connectivity index (χ3n) is 1.84. The predicted octanol–water partition coefficient (Wildman–Crippen LogP) is 2.15. The van der Waals surface area contributed by atoms with E-state index in [1.807, 2.05) is 12.1 Å². The van der Waals surface area contributed by atoms with E-state index in [4.69, 9.17) is 11.5 Å². The van der Waals surface area contributed by atoms with Crippen LogP contribution in [-0.2, 0) is 0 Å². The Hall–Kier alpha value is -1.52. The molecule has 0 radical (unpaired) electrons. The van der Waals surface area contributed by atoms with Crippen molar-refractivity contribution in [3.63, 3.8) is 0 Å². The molecule has 0 aromatic carbocycles. The van der Waals surface area contributed by atoms with E-state index < -0.39 is 0 Å². The third-order valence-corrected chi connectivity index (χ3v) is 1.84. The second-order valence-electron chi connectivity index (χ2n) is 2.95. The van der Waals surface area contributed by atoms with E-state index in [1.54, 1.807) is 24.5 Å². The summed E-state index contributed by atoms with van der Waals surface area (Å²) in [6.45, 7) is 0. The van der Waals surface area contributed by atoms with E-state index in [2.05, 4.69) is 9.97 Å². The second-order valence-corrected chi connectivity index (χ2v) is 2.95. The maximum absolute atomic E-state index is 5.53. The molecular weight excluding hydrogens is 247 g/mol. The van der Waals surface area contributed by atoms with E-state index in [-0.39, 0.29) is 24.8 Å². The molecular formula is C10H12Cl2N4. The van der Waals surface area contributed by atoms with Crippen molar-refractivity contribution >= 4 is 36.2 Å².